The molecule has 17 nitrogen and oxygen atoms in total. The first-order chi connectivity index (χ1) is 45.1. The van der Waals surface area contributed by atoms with Crippen molar-refractivity contribution in [3.63, 3.8) is 0 Å². The molecule has 0 aromatic carbocycles. The molecule has 0 spiro atoms. The van der Waals surface area contributed by atoms with Gasteiger partial charge in [-0.1, -0.05) is 336 Å². The first-order valence-electron chi connectivity index (χ1n) is 38.7. The van der Waals surface area contributed by atoms with E-state index in [1.165, 1.54) is 212 Å². The van der Waals surface area contributed by atoms with Gasteiger partial charge in [-0.2, -0.15) is 0 Å². The average Bonchev–Trinajstić information content (AvgIpc) is 1.98. The van der Waals surface area contributed by atoms with Crippen LogP contribution in [0.1, 0.15) is 388 Å². The Hall–Kier alpha value is -1.94. The van der Waals surface area contributed by atoms with Gasteiger partial charge in [-0.25, -0.2) is 9.13 Å². The highest BCUT2D eigenvalue weighted by Crippen LogP contribution is 2.45. The molecular weight excluding hydrogens is 1220 g/mol. The lowest BCUT2D eigenvalue weighted by atomic mass is 9.99. The first-order valence-corrected chi connectivity index (χ1v) is 41.7. The van der Waals surface area contributed by atoms with E-state index in [9.17, 15) is 43.2 Å². The van der Waals surface area contributed by atoms with Crippen molar-refractivity contribution in [3.05, 3.63) is 0 Å². The molecule has 0 bridgehead atoms. The maximum absolute atomic E-state index is 13.1. The van der Waals surface area contributed by atoms with E-state index < -0.39 is 97.5 Å². The van der Waals surface area contributed by atoms with Crippen molar-refractivity contribution in [2.45, 2.75) is 406 Å². The number of unbranched alkanes of at least 4 members (excludes halogenated alkanes) is 45. The maximum Gasteiger partial charge on any atom is 0.472 e. The molecular formula is C74H144O17P2. The van der Waals surface area contributed by atoms with Gasteiger partial charge in [0.15, 0.2) is 12.2 Å². The maximum atomic E-state index is 13.1. The number of ether oxygens (including phenoxy) is 4. The third-order valence-corrected chi connectivity index (χ3v) is 19.5. The van der Waals surface area contributed by atoms with E-state index in [0.29, 0.717) is 25.7 Å². The number of rotatable bonds is 74. The normalized spacial score (nSPS) is 14.3. The molecule has 0 aliphatic rings. The number of phosphoric ester groups is 2. The van der Waals surface area contributed by atoms with Gasteiger partial charge in [0.25, 0.3) is 0 Å². The van der Waals surface area contributed by atoms with Crippen molar-refractivity contribution < 1.29 is 80.2 Å². The first kappa shape index (κ1) is 91.1. The second-order valence-corrected chi connectivity index (χ2v) is 29.8. The molecule has 0 fully saturated rings. The van der Waals surface area contributed by atoms with E-state index in [4.69, 9.17) is 37.0 Å². The van der Waals surface area contributed by atoms with Gasteiger partial charge in [0.05, 0.1) is 26.4 Å². The molecule has 3 N–H and O–H groups in total. The van der Waals surface area contributed by atoms with E-state index >= 15 is 0 Å². The van der Waals surface area contributed by atoms with E-state index in [2.05, 4.69) is 34.6 Å². The van der Waals surface area contributed by atoms with Gasteiger partial charge in [-0.05, 0) is 31.6 Å². The summed E-state index contributed by atoms with van der Waals surface area (Å²) in [5.74, 6) is -1.31. The largest absolute Gasteiger partial charge is 0.472 e. The lowest BCUT2D eigenvalue weighted by molar-refractivity contribution is -0.161. The van der Waals surface area contributed by atoms with Crippen molar-refractivity contribution in [2.24, 2.45) is 5.92 Å². The molecule has 0 saturated carbocycles. The van der Waals surface area contributed by atoms with Gasteiger partial charge in [0.2, 0.25) is 0 Å². The standard InChI is InChI=1S/C74H144O17P2/c1-6-10-13-16-19-22-25-28-31-37-42-47-52-57-71(76)84-63-69(90-73(78)59-54-49-44-39-33-30-27-24-21-18-15-12-8-3)65-88-92(80,81)86-61-68(75)62-87-93(82,83)89-66-70(64-85-72(77)58-53-48-43-38-32-29-26-23-20-17-14-11-7-2)91-74(79)60-55-50-45-40-35-34-36-41-46-51-56-67(5)9-4/h67-70,75H,6-66H2,1-5H3,(H,80,81)(H,82,83)/t67?,68-,69+,70+/m0/s1. The zero-order chi connectivity index (χ0) is 68.4. The highest BCUT2D eigenvalue weighted by molar-refractivity contribution is 7.47. The summed E-state index contributed by atoms with van der Waals surface area (Å²) in [6, 6.07) is 0. The summed E-state index contributed by atoms with van der Waals surface area (Å²) < 4.78 is 68.5. The van der Waals surface area contributed by atoms with Gasteiger partial charge < -0.3 is 33.8 Å². The Morgan fingerprint density at radius 3 is 0.763 bits per heavy atom. The molecule has 0 amide bonds. The van der Waals surface area contributed by atoms with Crippen molar-refractivity contribution in [1.82, 2.24) is 0 Å². The highest BCUT2D eigenvalue weighted by atomic mass is 31.2. The molecule has 0 aromatic heterocycles. The fraction of sp³-hybridized carbons (Fsp3) is 0.946. The molecule has 0 radical (unpaired) electrons. The average molecular weight is 1370 g/mol. The van der Waals surface area contributed by atoms with Gasteiger partial charge in [-0.15, -0.1) is 0 Å². The summed E-state index contributed by atoms with van der Waals surface area (Å²) in [7, 11) is -9.91. The van der Waals surface area contributed by atoms with Crippen molar-refractivity contribution in [3.8, 4) is 0 Å². The fourth-order valence-electron chi connectivity index (χ4n) is 11.3. The van der Waals surface area contributed by atoms with Crippen molar-refractivity contribution >= 4 is 39.5 Å². The van der Waals surface area contributed by atoms with E-state index in [1.54, 1.807) is 0 Å². The van der Waals surface area contributed by atoms with Crippen LogP contribution in [0.3, 0.4) is 0 Å². The Labute approximate surface area is 568 Å². The van der Waals surface area contributed by atoms with Crippen LogP contribution in [0.25, 0.3) is 0 Å². The summed E-state index contributed by atoms with van der Waals surface area (Å²) in [5, 5.41) is 10.6. The number of aliphatic hydroxyl groups excluding tert-OH is 1. The van der Waals surface area contributed by atoms with Crippen LogP contribution in [0.15, 0.2) is 0 Å². The Balaban J connectivity index is 5.27. The molecule has 552 valence electrons. The van der Waals surface area contributed by atoms with Crippen molar-refractivity contribution in [2.75, 3.05) is 39.6 Å². The molecule has 0 heterocycles. The van der Waals surface area contributed by atoms with Crippen LogP contribution < -0.4 is 0 Å². The Morgan fingerprint density at radius 2 is 0.516 bits per heavy atom. The predicted octanol–water partition coefficient (Wildman–Crippen LogP) is 21.7. The molecule has 0 saturated heterocycles. The summed E-state index contributed by atoms with van der Waals surface area (Å²) >= 11 is 0. The van der Waals surface area contributed by atoms with Crippen LogP contribution in [0.4, 0.5) is 0 Å². The molecule has 0 aliphatic heterocycles. The lowest BCUT2D eigenvalue weighted by Gasteiger charge is -2.21. The minimum absolute atomic E-state index is 0.107. The molecule has 93 heavy (non-hydrogen) atoms. The van der Waals surface area contributed by atoms with Crippen molar-refractivity contribution in [1.29, 1.82) is 0 Å². The van der Waals surface area contributed by atoms with Gasteiger partial charge in [0, 0.05) is 25.7 Å². The number of carbonyl (C=O) groups excluding carboxylic acids is 4. The van der Waals surface area contributed by atoms with Gasteiger partial charge in [-0.3, -0.25) is 37.3 Å². The fourth-order valence-corrected chi connectivity index (χ4v) is 12.9. The second-order valence-electron chi connectivity index (χ2n) is 26.9. The summed E-state index contributed by atoms with van der Waals surface area (Å²) in [6.45, 7) is 7.31. The zero-order valence-electron chi connectivity index (χ0n) is 60.4. The Kier molecular flexibility index (Phi) is 65.9. The summed E-state index contributed by atoms with van der Waals surface area (Å²) in [6.07, 6.45) is 55.1. The highest BCUT2D eigenvalue weighted by Gasteiger charge is 2.30. The minimum Gasteiger partial charge on any atom is -0.462 e. The number of aliphatic hydroxyl groups is 1. The quantitative estimate of drug-likeness (QED) is 0.0222. The van der Waals surface area contributed by atoms with Gasteiger partial charge in [0.1, 0.15) is 19.3 Å². The Morgan fingerprint density at radius 1 is 0.301 bits per heavy atom. The molecule has 0 aliphatic carbocycles. The number of hydrogen-bond donors (Lipinski definition) is 3. The van der Waals surface area contributed by atoms with Crippen LogP contribution in [-0.4, -0.2) is 96.7 Å². The van der Waals surface area contributed by atoms with Crippen LogP contribution in [0.5, 0.6) is 0 Å². The van der Waals surface area contributed by atoms with Crippen LogP contribution in [0.2, 0.25) is 0 Å². The summed E-state index contributed by atoms with van der Waals surface area (Å²) in [5.41, 5.74) is 0. The van der Waals surface area contributed by atoms with Crippen LogP contribution in [-0.2, 0) is 65.4 Å². The molecule has 6 atom stereocenters. The zero-order valence-corrected chi connectivity index (χ0v) is 62.2. The van der Waals surface area contributed by atoms with Crippen LogP contribution >= 0.6 is 15.6 Å². The van der Waals surface area contributed by atoms with E-state index in [1.807, 2.05) is 0 Å². The smallest absolute Gasteiger partial charge is 0.462 e. The third kappa shape index (κ3) is 67.0. The molecule has 3 unspecified atom stereocenters. The third-order valence-electron chi connectivity index (χ3n) is 17.6. The Bertz CT molecular complexity index is 1790. The topological polar surface area (TPSA) is 237 Å². The lowest BCUT2D eigenvalue weighted by Crippen LogP contribution is -2.30. The van der Waals surface area contributed by atoms with E-state index in [-0.39, 0.29) is 25.7 Å². The molecule has 0 aromatic rings. The van der Waals surface area contributed by atoms with Gasteiger partial charge >= 0.3 is 39.5 Å². The molecule has 19 heteroatoms. The number of esters is 4. The number of hydrogen-bond acceptors (Lipinski definition) is 15. The number of carbonyl (C=O) groups is 4. The second kappa shape index (κ2) is 67.3. The molecule has 0 rings (SSSR count). The van der Waals surface area contributed by atoms with Crippen LogP contribution in [0, 0.1) is 5.92 Å². The monoisotopic (exact) mass is 1370 g/mol. The SMILES string of the molecule is CCCCCCCCCCCCCCCC(=O)OC[C@H](COP(=O)(O)OC[C@H](O)COP(=O)(O)OC[C@@H](COC(=O)CCCCCCCCCCCCCCC)OC(=O)CCCCCCCCCCCCC(C)CC)OC(=O)CCCCCCCCCCCCCCC. The number of phosphoric acid groups is 2. The minimum atomic E-state index is -4.95. The predicted molar refractivity (Wildman–Crippen MR) is 377 cm³/mol. The van der Waals surface area contributed by atoms with E-state index in [0.717, 1.165) is 95.8 Å². The summed E-state index contributed by atoms with van der Waals surface area (Å²) in [4.78, 5) is 72.8.